The Morgan fingerprint density at radius 2 is 1.94 bits per heavy atom. The molecule has 0 aromatic heterocycles. The standard InChI is InChI=1S/C9H18F3N3O/c1-7(5-15(2)3)13-4-8(16)14-6-9(10,11)12/h7,13H,4-6H2,1-3H3,(H,14,16). The Labute approximate surface area is 93.2 Å². The molecule has 0 bridgehead atoms. The zero-order valence-electron chi connectivity index (χ0n) is 9.69. The minimum atomic E-state index is -4.36. The van der Waals surface area contributed by atoms with E-state index in [2.05, 4.69) is 5.32 Å². The number of nitrogens with one attached hydrogen (secondary N) is 2. The summed E-state index contributed by atoms with van der Waals surface area (Å²) in [5, 5.41) is 4.62. The lowest BCUT2D eigenvalue weighted by Crippen LogP contribution is -2.44. The van der Waals surface area contributed by atoms with Gasteiger partial charge in [0, 0.05) is 12.6 Å². The molecular weight excluding hydrogens is 223 g/mol. The molecule has 1 unspecified atom stereocenters. The predicted molar refractivity (Wildman–Crippen MR) is 55.1 cm³/mol. The summed E-state index contributed by atoms with van der Waals surface area (Å²) in [6, 6.07) is 0.0478. The van der Waals surface area contributed by atoms with Gasteiger partial charge in [0.2, 0.25) is 5.91 Å². The zero-order valence-corrected chi connectivity index (χ0v) is 9.69. The zero-order chi connectivity index (χ0) is 12.8. The Morgan fingerprint density at radius 1 is 1.38 bits per heavy atom. The van der Waals surface area contributed by atoms with Crippen molar-refractivity contribution in [1.82, 2.24) is 15.5 Å². The summed E-state index contributed by atoms with van der Waals surface area (Å²) in [4.78, 5) is 12.9. The first-order valence-electron chi connectivity index (χ1n) is 4.92. The largest absolute Gasteiger partial charge is 0.405 e. The van der Waals surface area contributed by atoms with Crippen LogP contribution < -0.4 is 10.6 Å². The van der Waals surface area contributed by atoms with E-state index in [0.717, 1.165) is 0 Å². The van der Waals surface area contributed by atoms with Gasteiger partial charge < -0.3 is 15.5 Å². The van der Waals surface area contributed by atoms with Gasteiger partial charge in [0.05, 0.1) is 6.54 Å². The van der Waals surface area contributed by atoms with Gasteiger partial charge >= 0.3 is 6.18 Å². The molecule has 16 heavy (non-hydrogen) atoms. The van der Waals surface area contributed by atoms with E-state index in [9.17, 15) is 18.0 Å². The van der Waals surface area contributed by atoms with Crippen molar-refractivity contribution in [2.24, 2.45) is 0 Å². The summed E-state index contributed by atoms with van der Waals surface area (Å²) in [5.74, 6) is -0.650. The quantitative estimate of drug-likeness (QED) is 0.698. The molecule has 0 saturated heterocycles. The Balaban J connectivity index is 3.65. The minimum absolute atomic E-state index is 0.0478. The number of alkyl halides is 3. The topological polar surface area (TPSA) is 44.4 Å². The lowest BCUT2D eigenvalue weighted by molar-refractivity contribution is -0.137. The Morgan fingerprint density at radius 3 is 2.38 bits per heavy atom. The molecule has 96 valence electrons. The highest BCUT2D eigenvalue weighted by Crippen LogP contribution is 2.11. The Hall–Kier alpha value is -0.820. The van der Waals surface area contributed by atoms with E-state index in [1.54, 1.807) is 5.32 Å². The van der Waals surface area contributed by atoms with E-state index in [1.807, 2.05) is 25.9 Å². The van der Waals surface area contributed by atoms with Gasteiger partial charge in [-0.15, -0.1) is 0 Å². The molecular formula is C9H18F3N3O. The third-order valence-electron chi connectivity index (χ3n) is 1.74. The van der Waals surface area contributed by atoms with Crippen LogP contribution in [0.1, 0.15) is 6.92 Å². The van der Waals surface area contributed by atoms with Crippen LogP contribution in [0.25, 0.3) is 0 Å². The van der Waals surface area contributed by atoms with Crippen molar-refractivity contribution in [2.45, 2.75) is 19.1 Å². The van der Waals surface area contributed by atoms with Crippen LogP contribution in [0, 0.1) is 0 Å². The van der Waals surface area contributed by atoms with Crippen LogP contribution in [0.15, 0.2) is 0 Å². The first kappa shape index (κ1) is 15.2. The van der Waals surface area contributed by atoms with Gasteiger partial charge in [-0.1, -0.05) is 0 Å². The van der Waals surface area contributed by atoms with E-state index >= 15 is 0 Å². The van der Waals surface area contributed by atoms with Gasteiger partial charge in [0.1, 0.15) is 6.54 Å². The molecule has 2 N–H and O–H groups in total. The van der Waals surface area contributed by atoms with Crippen molar-refractivity contribution >= 4 is 5.91 Å². The molecule has 0 aliphatic heterocycles. The molecule has 0 spiro atoms. The monoisotopic (exact) mass is 241 g/mol. The number of carbonyl (C=O) groups is 1. The maximum Gasteiger partial charge on any atom is 0.405 e. The molecule has 4 nitrogen and oxygen atoms in total. The maximum absolute atomic E-state index is 11.7. The highest BCUT2D eigenvalue weighted by atomic mass is 19.4. The van der Waals surface area contributed by atoms with Crippen molar-refractivity contribution in [3.05, 3.63) is 0 Å². The van der Waals surface area contributed by atoms with Gasteiger partial charge in [-0.3, -0.25) is 4.79 Å². The molecule has 0 aliphatic rings. The van der Waals surface area contributed by atoms with Crippen LogP contribution in [0.3, 0.4) is 0 Å². The van der Waals surface area contributed by atoms with Crippen LogP contribution in [-0.2, 0) is 4.79 Å². The van der Waals surface area contributed by atoms with Crippen LogP contribution in [0.4, 0.5) is 13.2 Å². The van der Waals surface area contributed by atoms with Crippen LogP contribution in [0.2, 0.25) is 0 Å². The van der Waals surface area contributed by atoms with E-state index in [0.29, 0.717) is 6.54 Å². The molecule has 1 amide bonds. The first-order valence-corrected chi connectivity index (χ1v) is 4.92. The summed E-state index contributed by atoms with van der Waals surface area (Å²) in [6.07, 6.45) is -4.36. The summed E-state index contributed by atoms with van der Waals surface area (Å²) in [6.45, 7) is 1.18. The number of likely N-dealkylation sites (N-methyl/N-ethyl adjacent to an activating group) is 1. The van der Waals surface area contributed by atoms with E-state index < -0.39 is 18.6 Å². The molecule has 0 heterocycles. The summed E-state index contributed by atoms with van der Waals surface area (Å²) < 4.78 is 35.2. The lowest BCUT2D eigenvalue weighted by Gasteiger charge is -2.18. The van der Waals surface area contributed by atoms with Crippen molar-refractivity contribution < 1.29 is 18.0 Å². The van der Waals surface area contributed by atoms with Crippen molar-refractivity contribution in [3.8, 4) is 0 Å². The van der Waals surface area contributed by atoms with E-state index in [-0.39, 0.29) is 12.6 Å². The highest BCUT2D eigenvalue weighted by Gasteiger charge is 2.27. The summed E-state index contributed by atoms with van der Waals surface area (Å²) in [7, 11) is 3.75. The molecule has 0 rings (SSSR count). The van der Waals surface area contributed by atoms with Gasteiger partial charge in [-0.25, -0.2) is 0 Å². The fourth-order valence-electron chi connectivity index (χ4n) is 1.14. The fourth-order valence-corrected chi connectivity index (χ4v) is 1.14. The van der Waals surface area contributed by atoms with E-state index in [4.69, 9.17) is 0 Å². The van der Waals surface area contributed by atoms with Gasteiger partial charge in [-0.05, 0) is 21.0 Å². The molecule has 1 atom stereocenters. The molecule has 0 saturated carbocycles. The number of hydrogen-bond donors (Lipinski definition) is 2. The van der Waals surface area contributed by atoms with Gasteiger partial charge in [0.15, 0.2) is 0 Å². The minimum Gasteiger partial charge on any atom is -0.346 e. The van der Waals surface area contributed by atoms with Crippen molar-refractivity contribution in [1.29, 1.82) is 0 Å². The number of rotatable bonds is 6. The number of amides is 1. The molecule has 0 aromatic rings. The van der Waals surface area contributed by atoms with Crippen molar-refractivity contribution in [3.63, 3.8) is 0 Å². The number of carbonyl (C=O) groups excluding carboxylic acids is 1. The SMILES string of the molecule is CC(CN(C)C)NCC(=O)NCC(F)(F)F. The summed E-state index contributed by atoms with van der Waals surface area (Å²) >= 11 is 0. The predicted octanol–water partition coefficient (Wildman–Crippen LogP) is 0.205. The summed E-state index contributed by atoms with van der Waals surface area (Å²) in [5.41, 5.74) is 0. The van der Waals surface area contributed by atoms with E-state index in [1.165, 1.54) is 0 Å². The highest BCUT2D eigenvalue weighted by molar-refractivity contribution is 5.78. The second kappa shape index (κ2) is 6.70. The molecule has 0 radical (unpaired) electrons. The van der Waals surface area contributed by atoms with Crippen molar-refractivity contribution in [2.75, 3.05) is 33.7 Å². The van der Waals surface area contributed by atoms with Crippen LogP contribution in [0.5, 0.6) is 0 Å². The lowest BCUT2D eigenvalue weighted by atomic mass is 10.3. The number of hydrogen-bond acceptors (Lipinski definition) is 3. The maximum atomic E-state index is 11.7. The normalized spacial score (nSPS) is 13.9. The number of nitrogens with zero attached hydrogens (tertiary/aromatic N) is 1. The Bertz CT molecular complexity index is 219. The van der Waals surface area contributed by atoms with Gasteiger partial charge in [-0.2, -0.15) is 13.2 Å². The first-order chi connectivity index (χ1) is 7.20. The molecule has 0 aromatic carbocycles. The Kier molecular flexibility index (Phi) is 6.35. The second-order valence-electron chi connectivity index (χ2n) is 3.94. The number of halogens is 3. The molecule has 0 fully saturated rings. The average molecular weight is 241 g/mol. The fraction of sp³-hybridized carbons (Fsp3) is 0.889. The smallest absolute Gasteiger partial charge is 0.346 e. The van der Waals surface area contributed by atoms with Gasteiger partial charge in [0.25, 0.3) is 0 Å². The second-order valence-corrected chi connectivity index (χ2v) is 3.94. The average Bonchev–Trinajstić information content (AvgIpc) is 2.09. The van der Waals surface area contributed by atoms with Crippen LogP contribution in [-0.4, -0.2) is 56.8 Å². The third-order valence-corrected chi connectivity index (χ3v) is 1.74. The molecule has 0 aliphatic carbocycles. The molecule has 7 heteroatoms. The third kappa shape index (κ3) is 9.72. The van der Waals surface area contributed by atoms with Crippen LogP contribution >= 0.6 is 0 Å².